The van der Waals surface area contributed by atoms with Crippen LogP contribution in [-0.4, -0.2) is 19.9 Å². The zero-order chi connectivity index (χ0) is 38.2. The molecule has 4 aromatic rings. The van der Waals surface area contributed by atoms with Gasteiger partial charge in [0.1, 0.15) is 0 Å². The molecule has 55 heavy (non-hydrogen) atoms. The molecule has 5 heteroatoms. The maximum Gasteiger partial charge on any atom is 0.0885 e. The van der Waals surface area contributed by atoms with Crippen LogP contribution < -0.4 is 0 Å². The third-order valence-corrected chi connectivity index (χ3v) is 12.9. The Morgan fingerprint density at radius 2 is 0.873 bits per heavy atom. The van der Waals surface area contributed by atoms with E-state index in [-0.39, 0.29) is 12.2 Å². The summed E-state index contributed by atoms with van der Waals surface area (Å²) < 4.78 is 7.69. The first-order chi connectivity index (χ1) is 27.1. The normalized spacial score (nSPS) is 21.3. The molecule has 0 N–H and O–H groups in total. The third kappa shape index (κ3) is 11.8. The molecule has 2 heterocycles. The lowest BCUT2D eigenvalue weighted by Gasteiger charge is -2.40. The highest BCUT2D eigenvalue weighted by Gasteiger charge is 2.36. The average molecular weight is 743 g/mol. The molecule has 2 fully saturated rings. The van der Waals surface area contributed by atoms with Crippen molar-refractivity contribution in [3.8, 4) is 22.5 Å². The highest BCUT2D eigenvalue weighted by atomic mass is 16.5. The molecule has 2 aromatic carbocycles. The Labute approximate surface area is 334 Å². The lowest BCUT2D eigenvalue weighted by Crippen LogP contribution is -2.28. The molecule has 2 atom stereocenters. The van der Waals surface area contributed by atoms with E-state index in [0.29, 0.717) is 11.8 Å². The fourth-order valence-electron chi connectivity index (χ4n) is 9.47. The minimum atomic E-state index is 0.0626. The number of ether oxygens (including phenoxy) is 1. The Balaban J connectivity index is 1.27. The summed E-state index contributed by atoms with van der Waals surface area (Å²) in [4.78, 5) is 19.0. The monoisotopic (exact) mass is 743 g/mol. The number of benzene rings is 2. The second kappa shape index (κ2) is 21.8. The molecule has 0 radical (unpaired) electrons. The van der Waals surface area contributed by atoms with Crippen molar-refractivity contribution in [3.63, 3.8) is 0 Å². The standard InChI is InChI=1S/C50H70N4O/c1-5-9-11-15-37-17-21-41(22-18-37)49(43-29-25-39(26-30-43)47-35-51-45(13-7-3)33-53-47)55-50(42-23-19-38(20-24-42)16-12-10-6-2)44-31-27-40(28-32-44)48-36-52-46(14-8-4)34-54-48/h25-38,41-42,49-50H,5-24H2,1-4H3. The summed E-state index contributed by atoms with van der Waals surface area (Å²) in [6, 6.07) is 18.4. The average Bonchev–Trinajstić information content (AvgIpc) is 3.23. The Kier molecular flexibility index (Phi) is 16.3. The predicted molar refractivity (Wildman–Crippen MR) is 229 cm³/mol. The third-order valence-electron chi connectivity index (χ3n) is 12.9. The van der Waals surface area contributed by atoms with Gasteiger partial charge in [-0.1, -0.05) is 166 Å². The van der Waals surface area contributed by atoms with Crippen molar-refractivity contribution in [1.29, 1.82) is 0 Å². The highest BCUT2D eigenvalue weighted by molar-refractivity contribution is 5.59. The zero-order valence-corrected chi connectivity index (χ0v) is 34.7. The molecule has 2 unspecified atom stereocenters. The van der Waals surface area contributed by atoms with E-state index < -0.39 is 0 Å². The van der Waals surface area contributed by atoms with Gasteiger partial charge in [-0.05, 0) is 73.3 Å². The topological polar surface area (TPSA) is 60.8 Å². The molecule has 0 spiro atoms. The zero-order valence-electron chi connectivity index (χ0n) is 34.7. The van der Waals surface area contributed by atoms with Crippen LogP contribution in [0.3, 0.4) is 0 Å². The summed E-state index contributed by atoms with van der Waals surface area (Å²) in [6.07, 6.45) is 33.2. The van der Waals surface area contributed by atoms with Crippen LogP contribution in [0.25, 0.3) is 22.5 Å². The lowest BCUT2D eigenvalue weighted by atomic mass is 9.74. The summed E-state index contributed by atoms with van der Waals surface area (Å²) >= 11 is 0. The van der Waals surface area contributed by atoms with Gasteiger partial charge in [0.05, 0.1) is 47.4 Å². The molecule has 2 saturated carbocycles. The second-order valence-corrected chi connectivity index (χ2v) is 17.1. The Morgan fingerprint density at radius 1 is 0.473 bits per heavy atom. The Hall–Kier alpha value is -3.44. The summed E-state index contributed by atoms with van der Waals surface area (Å²) in [7, 11) is 0. The number of nitrogens with zero attached hydrogens (tertiary/aromatic N) is 4. The molecule has 6 rings (SSSR count). The summed E-state index contributed by atoms with van der Waals surface area (Å²) in [5.74, 6) is 2.77. The number of unbranched alkanes of at least 4 members (excludes halogenated alkanes) is 4. The first-order valence-corrected chi connectivity index (χ1v) is 22.6. The van der Waals surface area contributed by atoms with Gasteiger partial charge in [0.25, 0.3) is 0 Å². The Bertz CT molecular complexity index is 1510. The molecule has 2 aliphatic rings. The van der Waals surface area contributed by atoms with Gasteiger partial charge in [0, 0.05) is 23.5 Å². The number of aryl methyl sites for hydroxylation is 2. The molecular formula is C50H70N4O. The molecule has 5 nitrogen and oxygen atoms in total. The van der Waals surface area contributed by atoms with Crippen molar-refractivity contribution in [2.24, 2.45) is 23.7 Å². The molecule has 0 saturated heterocycles. The maximum atomic E-state index is 7.69. The van der Waals surface area contributed by atoms with E-state index in [4.69, 9.17) is 24.7 Å². The Morgan fingerprint density at radius 3 is 1.20 bits per heavy atom. The van der Waals surface area contributed by atoms with Gasteiger partial charge >= 0.3 is 0 Å². The second-order valence-electron chi connectivity index (χ2n) is 17.1. The first-order valence-electron chi connectivity index (χ1n) is 22.6. The van der Waals surface area contributed by atoms with Crippen LogP contribution >= 0.6 is 0 Å². The predicted octanol–water partition coefficient (Wildman–Crippen LogP) is 14.1. The van der Waals surface area contributed by atoms with Crippen molar-refractivity contribution < 1.29 is 4.74 Å². The molecule has 0 bridgehead atoms. The number of rotatable bonds is 20. The highest BCUT2D eigenvalue weighted by Crippen LogP contribution is 2.47. The minimum Gasteiger partial charge on any atom is -0.365 e. The van der Waals surface area contributed by atoms with Crippen LogP contribution in [0.15, 0.2) is 73.3 Å². The lowest BCUT2D eigenvalue weighted by molar-refractivity contribution is -0.0907. The smallest absolute Gasteiger partial charge is 0.0885 e. The van der Waals surface area contributed by atoms with E-state index in [9.17, 15) is 0 Å². The van der Waals surface area contributed by atoms with Gasteiger partial charge < -0.3 is 4.74 Å². The first kappa shape index (κ1) is 41.2. The van der Waals surface area contributed by atoms with Crippen molar-refractivity contribution in [2.45, 2.75) is 168 Å². The van der Waals surface area contributed by atoms with Crippen LogP contribution in [-0.2, 0) is 17.6 Å². The van der Waals surface area contributed by atoms with Crippen molar-refractivity contribution >= 4 is 0 Å². The van der Waals surface area contributed by atoms with Gasteiger partial charge in [-0.2, -0.15) is 0 Å². The van der Waals surface area contributed by atoms with E-state index >= 15 is 0 Å². The van der Waals surface area contributed by atoms with E-state index in [0.717, 1.165) is 71.4 Å². The van der Waals surface area contributed by atoms with Crippen molar-refractivity contribution in [1.82, 2.24) is 19.9 Å². The van der Waals surface area contributed by atoms with Crippen molar-refractivity contribution in [2.75, 3.05) is 0 Å². The van der Waals surface area contributed by atoms with Gasteiger partial charge in [-0.3, -0.25) is 19.9 Å². The fraction of sp³-hybridized carbons (Fsp3) is 0.600. The molecular weight excluding hydrogens is 673 g/mol. The number of aromatic nitrogens is 4. The fourth-order valence-corrected chi connectivity index (χ4v) is 9.47. The quantitative estimate of drug-likeness (QED) is 0.0844. The molecule has 2 aliphatic carbocycles. The molecule has 0 aliphatic heterocycles. The van der Waals surface area contributed by atoms with E-state index in [1.54, 1.807) is 0 Å². The van der Waals surface area contributed by atoms with E-state index in [1.165, 1.54) is 114 Å². The van der Waals surface area contributed by atoms with Gasteiger partial charge in [0.2, 0.25) is 0 Å². The number of hydrogen-bond acceptors (Lipinski definition) is 5. The minimum absolute atomic E-state index is 0.0626. The van der Waals surface area contributed by atoms with Crippen molar-refractivity contribution in [3.05, 3.63) is 95.8 Å². The largest absolute Gasteiger partial charge is 0.365 e. The SMILES string of the molecule is CCCCCC1CCC(C(OC(c2ccc(-c3cnc(CCC)cn3)cc2)C2CCC(CCCCC)CC2)c2ccc(-c3cnc(CCC)cn3)cc2)CC1. The van der Waals surface area contributed by atoms with Crippen LogP contribution in [0.2, 0.25) is 0 Å². The van der Waals surface area contributed by atoms with Crippen LogP contribution in [0, 0.1) is 23.7 Å². The van der Waals surface area contributed by atoms with Crippen LogP contribution in [0.5, 0.6) is 0 Å². The summed E-state index contributed by atoms with van der Waals surface area (Å²) in [5.41, 5.74) is 8.87. The van der Waals surface area contributed by atoms with Gasteiger partial charge in [0.15, 0.2) is 0 Å². The van der Waals surface area contributed by atoms with E-state index in [1.807, 2.05) is 24.8 Å². The van der Waals surface area contributed by atoms with Crippen LogP contribution in [0.4, 0.5) is 0 Å². The summed E-state index contributed by atoms with van der Waals surface area (Å²) in [6.45, 7) is 9.01. The number of hydrogen-bond donors (Lipinski definition) is 0. The maximum absolute atomic E-state index is 7.69. The van der Waals surface area contributed by atoms with E-state index in [2.05, 4.69) is 76.2 Å². The van der Waals surface area contributed by atoms with Gasteiger partial charge in [-0.15, -0.1) is 0 Å². The van der Waals surface area contributed by atoms with Gasteiger partial charge in [-0.25, -0.2) is 0 Å². The molecule has 2 aromatic heterocycles. The molecule has 296 valence electrons. The summed E-state index contributed by atoms with van der Waals surface area (Å²) in [5, 5.41) is 0. The van der Waals surface area contributed by atoms with Crippen LogP contribution in [0.1, 0.15) is 178 Å². The molecule has 0 amide bonds.